The number of aromatic nitrogens is 2. The molecule has 2 atom stereocenters. The van der Waals surface area contributed by atoms with Crippen LogP contribution in [0.25, 0.3) is 0 Å². The second-order valence-electron chi connectivity index (χ2n) is 4.33. The zero-order chi connectivity index (χ0) is 13.0. The van der Waals surface area contributed by atoms with Crippen molar-refractivity contribution in [2.45, 2.75) is 32.5 Å². The molecule has 0 radical (unpaired) electrons. The fourth-order valence-corrected chi connectivity index (χ4v) is 1.88. The molecule has 2 rings (SSSR count). The first-order valence-electron chi connectivity index (χ1n) is 6.19. The molecule has 2 heterocycles. The molecule has 0 bridgehead atoms. The van der Waals surface area contributed by atoms with Crippen molar-refractivity contribution in [1.29, 1.82) is 0 Å². The number of nitrogens with one attached hydrogen (secondary N) is 1. The molecule has 0 aliphatic carbocycles. The molecule has 1 aliphatic heterocycles. The number of morpholine rings is 1. The molecule has 0 spiro atoms. The predicted molar refractivity (Wildman–Crippen MR) is 64.1 cm³/mol. The summed E-state index contributed by atoms with van der Waals surface area (Å²) in [6, 6.07) is 0. The summed E-state index contributed by atoms with van der Waals surface area (Å²) in [6.07, 6.45) is 1.91. The van der Waals surface area contributed by atoms with Gasteiger partial charge in [0.05, 0.1) is 11.8 Å². The minimum absolute atomic E-state index is 0.00340. The van der Waals surface area contributed by atoms with E-state index in [1.165, 1.54) is 6.33 Å². The average Bonchev–Trinajstić information content (AvgIpc) is 2.38. The van der Waals surface area contributed by atoms with Crippen LogP contribution in [0.1, 0.15) is 19.5 Å². The van der Waals surface area contributed by atoms with E-state index in [2.05, 4.69) is 15.3 Å². The smallest absolute Gasteiger partial charge is 0.253 e. The molecular weight excluding hydrogens is 237 g/mol. The lowest BCUT2D eigenvalue weighted by Crippen LogP contribution is -2.45. The largest absolute Gasteiger partial charge is 0.473 e. The Morgan fingerprint density at radius 1 is 1.50 bits per heavy atom. The van der Waals surface area contributed by atoms with Gasteiger partial charge in [0.2, 0.25) is 5.82 Å². The van der Waals surface area contributed by atoms with E-state index in [-0.39, 0.29) is 24.7 Å². The van der Waals surface area contributed by atoms with Gasteiger partial charge >= 0.3 is 0 Å². The van der Waals surface area contributed by atoms with Crippen molar-refractivity contribution in [2.75, 3.05) is 19.7 Å². The Kier molecular flexibility index (Phi) is 4.43. The second-order valence-corrected chi connectivity index (χ2v) is 4.33. The van der Waals surface area contributed by atoms with Crippen LogP contribution in [0.15, 0.2) is 6.33 Å². The Morgan fingerprint density at radius 3 is 3.06 bits per heavy atom. The monoisotopic (exact) mass is 255 g/mol. The zero-order valence-corrected chi connectivity index (χ0v) is 10.6. The van der Waals surface area contributed by atoms with E-state index in [1.807, 2.05) is 13.8 Å². The quantitative estimate of drug-likeness (QED) is 0.867. The topological polar surface area (TPSA) is 56.3 Å². The molecular formula is C12H18FN3O2. The summed E-state index contributed by atoms with van der Waals surface area (Å²) >= 11 is 0. The Labute approximate surface area is 106 Å². The van der Waals surface area contributed by atoms with E-state index in [0.717, 1.165) is 6.54 Å². The molecule has 1 saturated heterocycles. The van der Waals surface area contributed by atoms with Crippen LogP contribution < -0.4 is 10.1 Å². The summed E-state index contributed by atoms with van der Waals surface area (Å²) in [4.78, 5) is 7.66. The highest BCUT2D eigenvalue weighted by Crippen LogP contribution is 2.16. The van der Waals surface area contributed by atoms with Gasteiger partial charge in [0.1, 0.15) is 19.0 Å². The average molecular weight is 255 g/mol. The normalized spacial score (nSPS) is 23.9. The third-order valence-corrected chi connectivity index (χ3v) is 2.80. The van der Waals surface area contributed by atoms with Gasteiger partial charge in [-0.2, -0.15) is 9.37 Å². The third-order valence-electron chi connectivity index (χ3n) is 2.80. The molecule has 0 aromatic carbocycles. The molecule has 2 unspecified atom stereocenters. The number of ether oxygens (including phenoxy) is 2. The van der Waals surface area contributed by atoms with Gasteiger partial charge in [-0.1, -0.05) is 6.92 Å². The highest BCUT2D eigenvalue weighted by atomic mass is 19.1. The van der Waals surface area contributed by atoms with Gasteiger partial charge in [-0.05, 0) is 13.3 Å². The van der Waals surface area contributed by atoms with Gasteiger partial charge in [0.15, 0.2) is 0 Å². The van der Waals surface area contributed by atoms with Crippen LogP contribution in [0.2, 0.25) is 0 Å². The fourth-order valence-electron chi connectivity index (χ4n) is 1.88. The van der Waals surface area contributed by atoms with Crippen molar-refractivity contribution in [2.24, 2.45) is 0 Å². The molecule has 18 heavy (non-hydrogen) atoms. The minimum atomic E-state index is -0.475. The van der Waals surface area contributed by atoms with E-state index < -0.39 is 5.82 Å². The van der Waals surface area contributed by atoms with E-state index in [9.17, 15) is 4.39 Å². The van der Waals surface area contributed by atoms with E-state index in [1.54, 1.807) is 0 Å². The summed E-state index contributed by atoms with van der Waals surface area (Å²) < 4.78 is 24.8. The summed E-state index contributed by atoms with van der Waals surface area (Å²) in [7, 11) is 0. The number of hydrogen-bond donors (Lipinski definition) is 1. The molecule has 100 valence electrons. The van der Waals surface area contributed by atoms with Gasteiger partial charge in [0, 0.05) is 13.1 Å². The molecule has 1 N–H and O–H groups in total. The van der Waals surface area contributed by atoms with Crippen LogP contribution in [-0.4, -0.2) is 41.9 Å². The van der Waals surface area contributed by atoms with Gasteiger partial charge in [-0.15, -0.1) is 0 Å². The zero-order valence-electron chi connectivity index (χ0n) is 10.6. The lowest BCUT2D eigenvalue weighted by Gasteiger charge is -2.28. The van der Waals surface area contributed by atoms with Crippen LogP contribution in [-0.2, 0) is 11.2 Å². The van der Waals surface area contributed by atoms with Crippen LogP contribution in [0.3, 0.4) is 0 Å². The Hall–Kier alpha value is -1.27. The number of hydrogen-bond acceptors (Lipinski definition) is 5. The van der Waals surface area contributed by atoms with Crippen molar-refractivity contribution in [3.05, 3.63) is 17.8 Å². The van der Waals surface area contributed by atoms with Crippen LogP contribution in [0.5, 0.6) is 5.88 Å². The van der Waals surface area contributed by atoms with E-state index in [0.29, 0.717) is 18.7 Å². The maximum atomic E-state index is 13.8. The van der Waals surface area contributed by atoms with E-state index in [4.69, 9.17) is 9.47 Å². The predicted octanol–water partition coefficient (Wildman–Crippen LogP) is 0.934. The first-order valence-corrected chi connectivity index (χ1v) is 6.19. The lowest BCUT2D eigenvalue weighted by molar-refractivity contribution is -0.0482. The van der Waals surface area contributed by atoms with Crippen molar-refractivity contribution in [1.82, 2.24) is 15.3 Å². The van der Waals surface area contributed by atoms with Gasteiger partial charge in [0.25, 0.3) is 5.88 Å². The minimum Gasteiger partial charge on any atom is -0.473 e. The van der Waals surface area contributed by atoms with Gasteiger partial charge < -0.3 is 14.8 Å². The molecule has 1 aromatic heterocycles. The number of halogens is 1. The van der Waals surface area contributed by atoms with Crippen molar-refractivity contribution >= 4 is 0 Å². The first kappa shape index (κ1) is 13.2. The lowest BCUT2D eigenvalue weighted by atomic mass is 10.2. The third kappa shape index (κ3) is 3.14. The summed E-state index contributed by atoms with van der Waals surface area (Å²) in [5.74, 6) is -0.472. The van der Waals surface area contributed by atoms with Crippen LogP contribution in [0.4, 0.5) is 4.39 Å². The highest BCUT2D eigenvalue weighted by molar-refractivity contribution is 5.17. The molecule has 0 saturated carbocycles. The standard InChI is InChI=1S/C12H18FN3O2/c1-3-10-11(13)12(16-7-15-10)17-6-9-5-14-4-8(2)18-9/h7-9,14H,3-6H2,1-2H3. The van der Waals surface area contributed by atoms with Gasteiger partial charge in [-0.25, -0.2) is 4.98 Å². The molecule has 0 amide bonds. The maximum absolute atomic E-state index is 13.8. The van der Waals surface area contributed by atoms with Crippen molar-refractivity contribution in [3.8, 4) is 5.88 Å². The Morgan fingerprint density at radius 2 is 2.33 bits per heavy atom. The van der Waals surface area contributed by atoms with Crippen molar-refractivity contribution < 1.29 is 13.9 Å². The molecule has 1 fully saturated rings. The van der Waals surface area contributed by atoms with Crippen LogP contribution >= 0.6 is 0 Å². The fraction of sp³-hybridized carbons (Fsp3) is 0.667. The SMILES string of the molecule is CCc1ncnc(OCC2CNCC(C)O2)c1F. The maximum Gasteiger partial charge on any atom is 0.253 e. The summed E-state index contributed by atoms with van der Waals surface area (Å²) in [6.45, 7) is 5.65. The Bertz CT molecular complexity index is 403. The molecule has 6 heteroatoms. The van der Waals surface area contributed by atoms with Gasteiger partial charge in [-0.3, -0.25) is 0 Å². The summed E-state index contributed by atoms with van der Waals surface area (Å²) in [5, 5.41) is 3.23. The molecule has 5 nitrogen and oxygen atoms in total. The number of nitrogens with zero attached hydrogens (tertiary/aromatic N) is 2. The first-order chi connectivity index (χ1) is 8.70. The summed E-state index contributed by atoms with van der Waals surface area (Å²) in [5.41, 5.74) is 0.371. The second kappa shape index (κ2) is 6.06. The number of aryl methyl sites for hydroxylation is 1. The number of rotatable bonds is 4. The van der Waals surface area contributed by atoms with E-state index >= 15 is 0 Å². The Balaban J connectivity index is 1.93. The van der Waals surface area contributed by atoms with Crippen molar-refractivity contribution in [3.63, 3.8) is 0 Å². The van der Waals surface area contributed by atoms with Crippen LogP contribution in [0, 0.1) is 5.82 Å². The molecule has 1 aliphatic rings. The highest BCUT2D eigenvalue weighted by Gasteiger charge is 2.20. The molecule has 1 aromatic rings.